The molecule has 0 bridgehead atoms. The molecule has 0 aliphatic heterocycles. The van der Waals surface area contributed by atoms with Crippen LogP contribution in [0.1, 0.15) is 44.8 Å². The standard InChI is InChI=1S/C43H32Cl6N4O8S/c44-28-5-1-26(2-6-28)24-58-39(33-12-9-30(46)19-36(33)48)22-52-17-15-50-42(52)60-38-14-11-32(62(55,56)57)21-35(38)41(54)61-43-51-16-18-53(43)23-40(34-13-10-31(47)20-37(34)49)59-25-27-3-7-29(45)8-4-27/h1-21,39-40H,22-25H2,(H,55,56,57). The highest BCUT2D eigenvalue weighted by atomic mass is 35.5. The van der Waals surface area contributed by atoms with Crippen LogP contribution in [-0.2, 0) is 45.9 Å². The molecule has 0 spiro atoms. The third-order valence-corrected chi connectivity index (χ3v) is 11.8. The molecule has 0 saturated carbocycles. The lowest BCUT2D eigenvalue weighted by molar-refractivity contribution is 0.0259. The summed E-state index contributed by atoms with van der Waals surface area (Å²) in [7, 11) is -4.78. The first-order chi connectivity index (χ1) is 29.7. The zero-order chi connectivity index (χ0) is 44.0. The van der Waals surface area contributed by atoms with Crippen LogP contribution in [-0.4, -0.2) is 38.0 Å². The molecule has 0 saturated heterocycles. The monoisotopic (exact) mass is 974 g/mol. The van der Waals surface area contributed by atoms with Crippen LogP contribution in [0.5, 0.6) is 17.8 Å². The predicted molar refractivity (Wildman–Crippen MR) is 237 cm³/mol. The summed E-state index contributed by atoms with van der Waals surface area (Å²) in [6.07, 6.45) is 4.69. The molecular weight excluding hydrogens is 945 g/mol. The van der Waals surface area contributed by atoms with Gasteiger partial charge in [-0.3, -0.25) is 13.7 Å². The van der Waals surface area contributed by atoms with E-state index in [1.165, 1.54) is 23.0 Å². The summed E-state index contributed by atoms with van der Waals surface area (Å²) in [5.74, 6) is -1.23. The highest BCUT2D eigenvalue weighted by Gasteiger charge is 2.26. The Morgan fingerprint density at radius 3 is 1.56 bits per heavy atom. The number of hydrogen-bond donors (Lipinski definition) is 1. The van der Waals surface area contributed by atoms with Crippen molar-refractivity contribution in [2.75, 3.05) is 0 Å². The second kappa shape index (κ2) is 20.2. The number of imidazole rings is 2. The molecular formula is C43H32Cl6N4O8S. The maximum absolute atomic E-state index is 14.0. The molecule has 62 heavy (non-hydrogen) atoms. The summed E-state index contributed by atoms with van der Waals surface area (Å²) in [5, 5.41) is 2.71. The average Bonchev–Trinajstić information content (AvgIpc) is 3.87. The second-order valence-corrected chi connectivity index (χ2v) is 17.5. The van der Waals surface area contributed by atoms with Gasteiger partial charge in [-0.1, -0.05) is 106 Å². The average molecular weight is 978 g/mol. The quantitative estimate of drug-likeness (QED) is 0.0691. The van der Waals surface area contributed by atoms with Crippen molar-refractivity contribution >= 4 is 85.7 Å². The van der Waals surface area contributed by atoms with Gasteiger partial charge in [0, 0.05) is 66.1 Å². The van der Waals surface area contributed by atoms with Gasteiger partial charge in [0.2, 0.25) is 0 Å². The second-order valence-electron chi connectivity index (χ2n) is 13.5. The van der Waals surface area contributed by atoms with E-state index < -0.39 is 33.2 Å². The Balaban J connectivity index is 1.15. The molecule has 12 nitrogen and oxygen atoms in total. The lowest BCUT2D eigenvalue weighted by Gasteiger charge is -2.22. The first kappa shape index (κ1) is 45.4. The van der Waals surface area contributed by atoms with Crippen LogP contribution >= 0.6 is 69.6 Å². The molecule has 7 aromatic rings. The van der Waals surface area contributed by atoms with Gasteiger partial charge in [0.15, 0.2) is 0 Å². The summed E-state index contributed by atoms with van der Waals surface area (Å²) in [4.78, 5) is 22.0. The van der Waals surface area contributed by atoms with E-state index in [0.717, 1.165) is 23.3 Å². The predicted octanol–water partition coefficient (Wildman–Crippen LogP) is 12.2. The Labute approximate surface area is 386 Å². The zero-order valence-electron chi connectivity index (χ0n) is 31.9. The van der Waals surface area contributed by atoms with E-state index in [0.29, 0.717) is 41.3 Å². The molecule has 320 valence electrons. The lowest BCUT2D eigenvalue weighted by atomic mass is 10.1. The summed E-state index contributed by atoms with van der Waals surface area (Å²) in [5.41, 5.74) is 2.53. The van der Waals surface area contributed by atoms with E-state index in [4.69, 9.17) is 88.6 Å². The molecule has 0 fully saturated rings. The lowest BCUT2D eigenvalue weighted by Crippen LogP contribution is -2.18. The van der Waals surface area contributed by atoms with Gasteiger partial charge < -0.3 is 18.9 Å². The summed E-state index contributed by atoms with van der Waals surface area (Å²) < 4.78 is 62.3. The van der Waals surface area contributed by atoms with Crippen molar-refractivity contribution in [3.05, 3.63) is 186 Å². The molecule has 2 aromatic heterocycles. The topological polar surface area (TPSA) is 144 Å². The summed E-state index contributed by atoms with van der Waals surface area (Å²) in [6, 6.07) is 27.3. The molecule has 0 amide bonds. The number of aromatic nitrogens is 4. The largest absolute Gasteiger partial charge is 0.425 e. The number of carbonyl (C=O) groups excluding carboxylic acids is 1. The van der Waals surface area contributed by atoms with Crippen molar-refractivity contribution in [2.24, 2.45) is 0 Å². The number of ether oxygens (including phenoxy) is 4. The van der Waals surface area contributed by atoms with Crippen LogP contribution in [0.4, 0.5) is 0 Å². The van der Waals surface area contributed by atoms with Crippen molar-refractivity contribution in [1.82, 2.24) is 19.1 Å². The van der Waals surface area contributed by atoms with Crippen LogP contribution in [0.2, 0.25) is 30.1 Å². The van der Waals surface area contributed by atoms with Gasteiger partial charge in [0.05, 0.1) is 31.2 Å². The minimum absolute atomic E-state index is 0.00847. The minimum Gasteiger partial charge on any atom is -0.425 e. The van der Waals surface area contributed by atoms with Crippen molar-refractivity contribution < 1.29 is 36.7 Å². The molecule has 2 unspecified atom stereocenters. The number of benzene rings is 5. The van der Waals surface area contributed by atoms with Gasteiger partial charge in [0.25, 0.3) is 10.1 Å². The highest BCUT2D eigenvalue weighted by Crippen LogP contribution is 2.35. The maximum atomic E-state index is 14.0. The van der Waals surface area contributed by atoms with Gasteiger partial charge in [-0.25, -0.2) is 14.8 Å². The fourth-order valence-electron chi connectivity index (χ4n) is 6.15. The summed E-state index contributed by atoms with van der Waals surface area (Å²) in [6.45, 7) is 0.535. The van der Waals surface area contributed by atoms with Gasteiger partial charge in [-0.05, 0) is 77.9 Å². The minimum atomic E-state index is -4.78. The normalized spacial score (nSPS) is 12.6. The van der Waals surface area contributed by atoms with Crippen LogP contribution in [0.3, 0.4) is 0 Å². The van der Waals surface area contributed by atoms with Gasteiger partial charge in [-0.15, -0.1) is 0 Å². The molecule has 1 N–H and O–H groups in total. The number of rotatable bonds is 17. The van der Waals surface area contributed by atoms with Crippen molar-refractivity contribution in [1.29, 1.82) is 0 Å². The number of hydrogen-bond acceptors (Lipinski definition) is 9. The Hall–Kier alpha value is -4.64. The smallest absolute Gasteiger partial charge is 0.349 e. The fourth-order valence-corrected chi connectivity index (χ4v) is 7.97. The summed E-state index contributed by atoms with van der Waals surface area (Å²) >= 11 is 37.8. The van der Waals surface area contributed by atoms with E-state index in [2.05, 4.69) is 9.97 Å². The maximum Gasteiger partial charge on any atom is 0.349 e. The fraction of sp³-hybridized carbons (Fsp3) is 0.140. The van der Waals surface area contributed by atoms with E-state index >= 15 is 0 Å². The van der Waals surface area contributed by atoms with E-state index in [1.54, 1.807) is 77.6 Å². The van der Waals surface area contributed by atoms with Crippen molar-refractivity contribution in [2.45, 2.75) is 43.4 Å². The Morgan fingerprint density at radius 1 is 0.613 bits per heavy atom. The van der Waals surface area contributed by atoms with E-state index in [9.17, 15) is 17.8 Å². The Bertz CT molecular complexity index is 2800. The third kappa shape index (κ3) is 11.7. The van der Waals surface area contributed by atoms with Crippen LogP contribution < -0.4 is 9.47 Å². The highest BCUT2D eigenvalue weighted by molar-refractivity contribution is 7.85. The molecule has 2 atom stereocenters. The van der Waals surface area contributed by atoms with Crippen molar-refractivity contribution in [3.8, 4) is 17.8 Å². The molecule has 0 radical (unpaired) electrons. The van der Waals surface area contributed by atoms with E-state index in [1.807, 2.05) is 24.3 Å². The molecule has 19 heteroatoms. The van der Waals surface area contributed by atoms with Crippen LogP contribution in [0, 0.1) is 0 Å². The molecule has 5 aromatic carbocycles. The first-order valence-electron chi connectivity index (χ1n) is 18.4. The first-order valence-corrected chi connectivity index (χ1v) is 22.1. The zero-order valence-corrected chi connectivity index (χ0v) is 37.2. The van der Waals surface area contributed by atoms with E-state index in [-0.39, 0.29) is 49.6 Å². The molecule has 0 aliphatic carbocycles. The molecule has 0 aliphatic rings. The van der Waals surface area contributed by atoms with Crippen molar-refractivity contribution in [3.63, 3.8) is 0 Å². The number of esters is 1. The number of carbonyl (C=O) groups is 1. The Morgan fingerprint density at radius 2 is 1.08 bits per heavy atom. The van der Waals surface area contributed by atoms with Crippen LogP contribution in [0.15, 0.2) is 133 Å². The van der Waals surface area contributed by atoms with Crippen LogP contribution in [0.25, 0.3) is 0 Å². The van der Waals surface area contributed by atoms with Gasteiger partial charge in [0.1, 0.15) is 23.5 Å². The third-order valence-electron chi connectivity index (χ3n) is 9.28. The van der Waals surface area contributed by atoms with Gasteiger partial charge >= 0.3 is 18.0 Å². The number of halogens is 6. The van der Waals surface area contributed by atoms with Gasteiger partial charge in [-0.2, -0.15) is 8.42 Å². The SMILES string of the molecule is O=C(Oc1nccn1CC(OCc1ccc(Cl)cc1)c1ccc(Cl)cc1Cl)c1cc(S(=O)(=O)O)ccc1Oc1nccn1CC(OCc1ccc(Cl)cc1)c1ccc(Cl)cc1Cl. The molecule has 7 rings (SSSR count). The molecule has 2 heterocycles. The Kier molecular flexibility index (Phi) is 14.8. The number of nitrogens with zero attached hydrogens (tertiary/aromatic N) is 4.